The molecule has 3 nitrogen and oxygen atoms in total. The third-order valence-corrected chi connectivity index (χ3v) is 5.63. The maximum absolute atomic E-state index is 13.0. The lowest BCUT2D eigenvalue weighted by atomic mass is 9.55. The summed E-state index contributed by atoms with van der Waals surface area (Å²) in [6, 6.07) is 6.74. The van der Waals surface area contributed by atoms with Crippen molar-refractivity contribution in [2.45, 2.75) is 64.3 Å². The quantitative estimate of drug-likeness (QED) is 0.873. The Hall–Kier alpha value is -0.970. The Morgan fingerprint density at radius 2 is 2.04 bits per heavy atom. The van der Waals surface area contributed by atoms with Crippen LogP contribution in [-0.4, -0.2) is 29.9 Å². The van der Waals surface area contributed by atoms with Gasteiger partial charge in [0.15, 0.2) is 0 Å². The largest absolute Gasteiger partial charge is 0.388 e. The summed E-state index contributed by atoms with van der Waals surface area (Å²) in [5.74, 6) is 0.316. The molecule has 0 amide bonds. The molecule has 0 spiro atoms. The number of aliphatic hydroxyl groups is 1. The molecule has 1 heterocycles. The minimum Gasteiger partial charge on any atom is -0.388 e. The average Bonchev–Trinajstić information content (AvgIpc) is 2.53. The first-order chi connectivity index (χ1) is 10.9. The fraction of sp³-hybridized carbons (Fsp3) is 0.684. The van der Waals surface area contributed by atoms with Crippen LogP contribution in [0.15, 0.2) is 24.3 Å². The van der Waals surface area contributed by atoms with E-state index in [9.17, 15) is 9.50 Å². The molecular weight excluding hydrogens is 293 g/mol. The van der Waals surface area contributed by atoms with Gasteiger partial charge < -0.3 is 15.2 Å². The normalized spacial score (nSPS) is 31.8. The molecule has 1 aliphatic carbocycles. The van der Waals surface area contributed by atoms with E-state index in [-0.39, 0.29) is 17.3 Å². The molecule has 128 valence electrons. The summed E-state index contributed by atoms with van der Waals surface area (Å²) in [6.45, 7) is 7.52. The van der Waals surface area contributed by atoms with Crippen LogP contribution >= 0.6 is 0 Å². The number of hydrogen-bond donors (Lipinski definition) is 2. The van der Waals surface area contributed by atoms with Crippen LogP contribution in [0.3, 0.4) is 0 Å². The molecule has 1 saturated heterocycles. The Kier molecular flexibility index (Phi) is 4.77. The van der Waals surface area contributed by atoms with Gasteiger partial charge in [-0.1, -0.05) is 26.0 Å². The van der Waals surface area contributed by atoms with Crippen LogP contribution in [0.2, 0.25) is 0 Å². The van der Waals surface area contributed by atoms with E-state index < -0.39 is 6.10 Å². The Morgan fingerprint density at radius 1 is 1.35 bits per heavy atom. The molecule has 4 heteroatoms. The molecule has 3 rings (SSSR count). The minimum atomic E-state index is -0.570. The first-order valence-corrected chi connectivity index (χ1v) is 8.71. The van der Waals surface area contributed by atoms with Crippen LogP contribution in [0.5, 0.6) is 0 Å². The molecule has 0 radical (unpaired) electrons. The highest BCUT2D eigenvalue weighted by Gasteiger charge is 2.57. The first-order valence-electron chi connectivity index (χ1n) is 8.71. The van der Waals surface area contributed by atoms with Crippen molar-refractivity contribution >= 4 is 0 Å². The van der Waals surface area contributed by atoms with Crippen LogP contribution < -0.4 is 5.32 Å². The predicted octanol–water partition coefficient (Wildman–Crippen LogP) is 3.43. The van der Waals surface area contributed by atoms with E-state index in [2.05, 4.69) is 26.1 Å². The molecular formula is C19H28FNO2. The third kappa shape index (κ3) is 3.30. The SMILES string of the molecule is CC(CC(O)c1ccc(F)cc1)NC1C2CCCOC2C1(C)C. The molecule has 0 bridgehead atoms. The molecule has 1 aliphatic heterocycles. The average molecular weight is 321 g/mol. The van der Waals surface area contributed by atoms with Crippen LogP contribution in [0.4, 0.5) is 4.39 Å². The fourth-order valence-electron chi connectivity index (χ4n) is 4.39. The maximum Gasteiger partial charge on any atom is 0.123 e. The van der Waals surface area contributed by atoms with E-state index in [4.69, 9.17) is 4.74 Å². The topological polar surface area (TPSA) is 41.5 Å². The number of nitrogens with one attached hydrogen (secondary N) is 1. The molecule has 2 aliphatic rings. The summed E-state index contributed by atoms with van der Waals surface area (Å²) in [4.78, 5) is 0. The smallest absolute Gasteiger partial charge is 0.123 e. The summed E-state index contributed by atoms with van der Waals surface area (Å²) in [7, 11) is 0. The summed E-state index contributed by atoms with van der Waals surface area (Å²) in [5, 5.41) is 14.1. The second kappa shape index (κ2) is 6.50. The van der Waals surface area contributed by atoms with Gasteiger partial charge in [-0.25, -0.2) is 4.39 Å². The zero-order valence-electron chi connectivity index (χ0n) is 14.3. The summed E-state index contributed by atoms with van der Waals surface area (Å²) in [6.07, 6.45) is 2.78. The van der Waals surface area contributed by atoms with E-state index in [0.29, 0.717) is 24.5 Å². The number of rotatable bonds is 5. The van der Waals surface area contributed by atoms with Gasteiger partial charge >= 0.3 is 0 Å². The van der Waals surface area contributed by atoms with Crippen LogP contribution in [0, 0.1) is 17.2 Å². The van der Waals surface area contributed by atoms with Crippen molar-refractivity contribution < 1.29 is 14.2 Å². The van der Waals surface area contributed by atoms with Crippen LogP contribution in [0.25, 0.3) is 0 Å². The highest BCUT2D eigenvalue weighted by molar-refractivity contribution is 5.19. The molecule has 1 aromatic rings. The highest BCUT2D eigenvalue weighted by atomic mass is 19.1. The molecule has 0 aromatic heterocycles. The summed E-state index contributed by atoms with van der Waals surface area (Å²) in [5.41, 5.74) is 0.909. The number of aliphatic hydroxyl groups excluding tert-OH is 1. The van der Waals surface area contributed by atoms with E-state index in [1.807, 2.05) is 0 Å². The van der Waals surface area contributed by atoms with Crippen molar-refractivity contribution in [3.05, 3.63) is 35.6 Å². The van der Waals surface area contributed by atoms with Gasteiger partial charge in [0.05, 0.1) is 12.2 Å². The number of hydrogen-bond acceptors (Lipinski definition) is 3. The zero-order valence-corrected chi connectivity index (χ0v) is 14.3. The molecule has 23 heavy (non-hydrogen) atoms. The third-order valence-electron chi connectivity index (χ3n) is 5.63. The number of benzene rings is 1. The standard InChI is InChI=1S/C19H28FNO2/c1-12(11-16(22)13-6-8-14(20)9-7-13)21-17-15-5-4-10-23-18(15)19(17,2)3/h6-9,12,15-18,21-22H,4-5,10-11H2,1-3H3. The number of fused-ring (bicyclic) bond motifs is 1. The van der Waals surface area contributed by atoms with Crippen molar-refractivity contribution in [2.75, 3.05) is 6.61 Å². The van der Waals surface area contributed by atoms with Gasteiger partial charge in [-0.2, -0.15) is 0 Å². The Bertz CT molecular complexity index is 531. The lowest BCUT2D eigenvalue weighted by Crippen LogP contribution is -2.70. The number of ether oxygens (including phenoxy) is 1. The van der Waals surface area contributed by atoms with Gasteiger partial charge in [0, 0.05) is 30.0 Å². The van der Waals surface area contributed by atoms with Crippen LogP contribution in [0.1, 0.15) is 51.7 Å². The molecule has 2 N–H and O–H groups in total. The Balaban J connectivity index is 1.56. The van der Waals surface area contributed by atoms with Gasteiger partial charge in [-0.15, -0.1) is 0 Å². The zero-order chi connectivity index (χ0) is 16.6. The lowest BCUT2D eigenvalue weighted by Gasteiger charge is -2.60. The lowest BCUT2D eigenvalue weighted by molar-refractivity contribution is -0.194. The van der Waals surface area contributed by atoms with E-state index in [0.717, 1.165) is 18.6 Å². The Labute approximate surface area is 138 Å². The first kappa shape index (κ1) is 16.9. The number of halogens is 1. The van der Waals surface area contributed by atoms with Gasteiger partial charge in [0.1, 0.15) is 5.82 Å². The molecule has 2 fully saturated rings. The fourth-order valence-corrected chi connectivity index (χ4v) is 4.39. The van der Waals surface area contributed by atoms with E-state index in [1.54, 1.807) is 12.1 Å². The maximum atomic E-state index is 13.0. The predicted molar refractivity (Wildman–Crippen MR) is 88.6 cm³/mol. The van der Waals surface area contributed by atoms with Crippen molar-refractivity contribution in [1.29, 1.82) is 0 Å². The van der Waals surface area contributed by atoms with E-state index in [1.165, 1.54) is 18.6 Å². The van der Waals surface area contributed by atoms with Crippen molar-refractivity contribution in [3.63, 3.8) is 0 Å². The van der Waals surface area contributed by atoms with Crippen LogP contribution in [-0.2, 0) is 4.74 Å². The van der Waals surface area contributed by atoms with E-state index >= 15 is 0 Å². The van der Waals surface area contributed by atoms with Gasteiger partial charge in [0.25, 0.3) is 0 Å². The highest BCUT2D eigenvalue weighted by Crippen LogP contribution is 2.51. The molecule has 1 aromatic carbocycles. The van der Waals surface area contributed by atoms with Crippen molar-refractivity contribution in [3.8, 4) is 0 Å². The summed E-state index contributed by atoms with van der Waals surface area (Å²) < 4.78 is 18.9. The summed E-state index contributed by atoms with van der Waals surface area (Å²) >= 11 is 0. The molecule has 5 atom stereocenters. The molecule has 5 unspecified atom stereocenters. The Morgan fingerprint density at radius 3 is 2.74 bits per heavy atom. The van der Waals surface area contributed by atoms with Crippen molar-refractivity contribution in [1.82, 2.24) is 5.32 Å². The van der Waals surface area contributed by atoms with Gasteiger partial charge in [-0.05, 0) is 43.9 Å². The molecule has 1 saturated carbocycles. The van der Waals surface area contributed by atoms with Gasteiger partial charge in [0.2, 0.25) is 0 Å². The second-order valence-electron chi connectivity index (χ2n) is 7.77. The van der Waals surface area contributed by atoms with Gasteiger partial charge in [-0.3, -0.25) is 0 Å². The van der Waals surface area contributed by atoms with Crippen molar-refractivity contribution in [2.24, 2.45) is 11.3 Å². The minimum absolute atomic E-state index is 0.139. The second-order valence-corrected chi connectivity index (χ2v) is 7.77. The monoisotopic (exact) mass is 321 g/mol.